The highest BCUT2D eigenvalue weighted by molar-refractivity contribution is 7.99. The summed E-state index contributed by atoms with van der Waals surface area (Å²) in [6.07, 6.45) is 2.19. The summed E-state index contributed by atoms with van der Waals surface area (Å²) >= 11 is 1.78. The number of thioether (sulfide) groups is 1. The van der Waals surface area contributed by atoms with Crippen LogP contribution in [0.3, 0.4) is 0 Å². The number of benzene rings is 3. The molecule has 0 fully saturated rings. The summed E-state index contributed by atoms with van der Waals surface area (Å²) in [5.41, 5.74) is 6.14. The molecule has 0 saturated heterocycles. The molecule has 0 spiro atoms. The van der Waals surface area contributed by atoms with E-state index in [1.807, 2.05) is 18.2 Å². The van der Waals surface area contributed by atoms with Crippen molar-refractivity contribution < 1.29 is 0 Å². The number of hydrogen-bond acceptors (Lipinski definition) is 3. The van der Waals surface area contributed by atoms with Crippen LogP contribution >= 0.6 is 11.8 Å². The SMILES string of the molecule is Cc1ccc(-n2c(SCCCc3ccccc3)nnc2-c2ccccc2)cc1C. The average molecular weight is 400 g/mol. The van der Waals surface area contributed by atoms with E-state index in [0.717, 1.165) is 40.8 Å². The van der Waals surface area contributed by atoms with Crippen LogP contribution in [0.2, 0.25) is 0 Å². The fraction of sp³-hybridized carbons (Fsp3) is 0.200. The Morgan fingerprint density at radius 3 is 2.24 bits per heavy atom. The maximum atomic E-state index is 4.54. The first kappa shape index (κ1) is 19.5. The second-order valence-electron chi connectivity index (χ2n) is 7.21. The van der Waals surface area contributed by atoms with E-state index < -0.39 is 0 Å². The van der Waals surface area contributed by atoms with Gasteiger partial charge in [0.25, 0.3) is 0 Å². The van der Waals surface area contributed by atoms with Crippen molar-refractivity contribution in [3.63, 3.8) is 0 Å². The Kier molecular flexibility index (Phi) is 6.11. The molecule has 4 heteroatoms. The smallest absolute Gasteiger partial charge is 0.196 e. The molecule has 146 valence electrons. The second kappa shape index (κ2) is 9.10. The van der Waals surface area contributed by atoms with Gasteiger partial charge in [-0.25, -0.2) is 0 Å². The molecular formula is C25H25N3S. The molecular weight excluding hydrogens is 374 g/mol. The number of hydrogen-bond donors (Lipinski definition) is 0. The first-order valence-electron chi connectivity index (χ1n) is 9.97. The molecule has 0 radical (unpaired) electrons. The van der Waals surface area contributed by atoms with Gasteiger partial charge in [0.15, 0.2) is 11.0 Å². The first-order valence-corrected chi connectivity index (χ1v) is 11.0. The molecule has 0 saturated carbocycles. The van der Waals surface area contributed by atoms with E-state index in [9.17, 15) is 0 Å². The standard InChI is InChI=1S/C25H25N3S/c1-19-15-16-23(18-20(19)2)28-24(22-13-7-4-8-14-22)26-27-25(28)29-17-9-12-21-10-5-3-6-11-21/h3-8,10-11,13-16,18H,9,12,17H2,1-2H3. The van der Waals surface area contributed by atoms with Gasteiger partial charge < -0.3 is 0 Å². The monoisotopic (exact) mass is 399 g/mol. The summed E-state index contributed by atoms with van der Waals surface area (Å²) in [4.78, 5) is 0. The van der Waals surface area contributed by atoms with Crippen molar-refractivity contribution in [3.05, 3.63) is 95.6 Å². The number of aromatic nitrogens is 3. The largest absolute Gasteiger partial charge is 0.270 e. The van der Waals surface area contributed by atoms with Crippen LogP contribution in [0.1, 0.15) is 23.1 Å². The molecule has 3 aromatic carbocycles. The Morgan fingerprint density at radius 1 is 0.793 bits per heavy atom. The maximum Gasteiger partial charge on any atom is 0.196 e. The zero-order chi connectivity index (χ0) is 20.1. The Balaban J connectivity index is 1.59. The van der Waals surface area contributed by atoms with Crippen LogP contribution in [0, 0.1) is 13.8 Å². The quantitative estimate of drug-likeness (QED) is 0.271. The van der Waals surface area contributed by atoms with Crippen LogP contribution < -0.4 is 0 Å². The third-order valence-corrected chi connectivity index (χ3v) is 6.11. The minimum absolute atomic E-state index is 0.888. The van der Waals surface area contributed by atoms with Gasteiger partial charge in [0.05, 0.1) is 5.69 Å². The van der Waals surface area contributed by atoms with Crippen LogP contribution in [0.4, 0.5) is 0 Å². The highest BCUT2D eigenvalue weighted by Gasteiger charge is 2.16. The summed E-state index contributed by atoms with van der Waals surface area (Å²) in [6, 6.07) is 27.5. The van der Waals surface area contributed by atoms with Gasteiger partial charge in [-0.15, -0.1) is 10.2 Å². The molecule has 4 rings (SSSR count). The molecule has 0 aliphatic heterocycles. The van der Waals surface area contributed by atoms with E-state index >= 15 is 0 Å². The topological polar surface area (TPSA) is 30.7 Å². The third-order valence-electron chi connectivity index (χ3n) is 5.10. The van der Waals surface area contributed by atoms with Crippen LogP contribution in [0.15, 0.2) is 84.0 Å². The Hall–Kier alpha value is -2.85. The fourth-order valence-electron chi connectivity index (χ4n) is 3.32. The molecule has 0 atom stereocenters. The van der Waals surface area contributed by atoms with E-state index in [0.29, 0.717) is 0 Å². The van der Waals surface area contributed by atoms with E-state index in [1.54, 1.807) is 11.8 Å². The van der Waals surface area contributed by atoms with Gasteiger partial charge in [0, 0.05) is 11.3 Å². The molecule has 0 unspecified atom stereocenters. The molecule has 0 bridgehead atoms. The highest BCUT2D eigenvalue weighted by atomic mass is 32.2. The van der Waals surface area contributed by atoms with Crippen LogP contribution in [0.5, 0.6) is 0 Å². The molecule has 0 aliphatic rings. The van der Waals surface area contributed by atoms with Gasteiger partial charge >= 0.3 is 0 Å². The molecule has 0 amide bonds. The minimum atomic E-state index is 0.888. The Bertz CT molecular complexity index is 1070. The lowest BCUT2D eigenvalue weighted by molar-refractivity contribution is 0.874. The van der Waals surface area contributed by atoms with Gasteiger partial charge in [-0.05, 0) is 55.5 Å². The normalized spacial score (nSPS) is 11.0. The van der Waals surface area contributed by atoms with Crippen molar-refractivity contribution in [1.82, 2.24) is 14.8 Å². The summed E-state index contributed by atoms with van der Waals surface area (Å²) in [5.74, 6) is 1.89. The van der Waals surface area contributed by atoms with Crippen LogP contribution in [-0.2, 0) is 6.42 Å². The molecule has 0 aliphatic carbocycles. The summed E-state index contributed by atoms with van der Waals surface area (Å²) in [5, 5.41) is 10.0. The van der Waals surface area contributed by atoms with E-state index in [-0.39, 0.29) is 0 Å². The second-order valence-corrected chi connectivity index (χ2v) is 8.28. The van der Waals surface area contributed by atoms with Gasteiger partial charge in [0.2, 0.25) is 0 Å². The van der Waals surface area contributed by atoms with Gasteiger partial charge in [0.1, 0.15) is 0 Å². The molecule has 3 nitrogen and oxygen atoms in total. The molecule has 29 heavy (non-hydrogen) atoms. The lowest BCUT2D eigenvalue weighted by atomic mass is 10.1. The van der Waals surface area contributed by atoms with Crippen molar-refractivity contribution in [3.8, 4) is 17.1 Å². The predicted molar refractivity (Wildman–Crippen MR) is 122 cm³/mol. The van der Waals surface area contributed by atoms with Gasteiger partial charge in [-0.2, -0.15) is 0 Å². The van der Waals surface area contributed by atoms with Crippen molar-refractivity contribution in [2.45, 2.75) is 31.8 Å². The van der Waals surface area contributed by atoms with Crippen LogP contribution in [0.25, 0.3) is 17.1 Å². The zero-order valence-corrected chi connectivity index (χ0v) is 17.7. The van der Waals surface area contributed by atoms with Crippen molar-refractivity contribution >= 4 is 11.8 Å². The van der Waals surface area contributed by atoms with Crippen molar-refractivity contribution in [2.24, 2.45) is 0 Å². The zero-order valence-electron chi connectivity index (χ0n) is 16.9. The third kappa shape index (κ3) is 4.60. The van der Waals surface area contributed by atoms with E-state index in [4.69, 9.17) is 0 Å². The Labute approximate surface area is 176 Å². The highest BCUT2D eigenvalue weighted by Crippen LogP contribution is 2.29. The van der Waals surface area contributed by atoms with Crippen molar-refractivity contribution in [2.75, 3.05) is 5.75 Å². The number of aryl methyl sites for hydroxylation is 3. The Morgan fingerprint density at radius 2 is 1.52 bits per heavy atom. The molecule has 0 N–H and O–H groups in total. The fourth-order valence-corrected chi connectivity index (χ4v) is 4.21. The van der Waals surface area contributed by atoms with E-state index in [2.05, 4.69) is 89.3 Å². The number of nitrogens with zero attached hydrogens (tertiary/aromatic N) is 3. The summed E-state index contributed by atoms with van der Waals surface area (Å²) in [7, 11) is 0. The molecule has 1 aromatic heterocycles. The van der Waals surface area contributed by atoms with Gasteiger partial charge in [-0.1, -0.05) is 78.5 Å². The van der Waals surface area contributed by atoms with Gasteiger partial charge in [-0.3, -0.25) is 4.57 Å². The summed E-state index contributed by atoms with van der Waals surface area (Å²) < 4.78 is 2.19. The number of rotatable bonds is 7. The lowest BCUT2D eigenvalue weighted by Gasteiger charge is -2.12. The minimum Gasteiger partial charge on any atom is -0.270 e. The average Bonchev–Trinajstić information content (AvgIpc) is 3.18. The predicted octanol–water partition coefficient (Wildman–Crippen LogP) is 6.28. The molecule has 1 heterocycles. The van der Waals surface area contributed by atoms with Crippen LogP contribution in [-0.4, -0.2) is 20.5 Å². The molecule has 4 aromatic rings. The summed E-state index contributed by atoms with van der Waals surface area (Å²) in [6.45, 7) is 4.29. The first-order chi connectivity index (χ1) is 14.2. The van der Waals surface area contributed by atoms with Crippen molar-refractivity contribution in [1.29, 1.82) is 0 Å². The van der Waals surface area contributed by atoms with E-state index in [1.165, 1.54) is 16.7 Å². The maximum absolute atomic E-state index is 4.54. The lowest BCUT2D eigenvalue weighted by Crippen LogP contribution is -2.01.